The van der Waals surface area contributed by atoms with E-state index in [1.807, 2.05) is 31.2 Å². The second-order valence-corrected chi connectivity index (χ2v) is 5.21. The van der Waals surface area contributed by atoms with E-state index in [1.54, 1.807) is 0 Å². The van der Waals surface area contributed by atoms with Crippen LogP contribution in [0.1, 0.15) is 49.0 Å². The summed E-state index contributed by atoms with van der Waals surface area (Å²) in [6.45, 7) is 10.6. The van der Waals surface area contributed by atoms with E-state index in [2.05, 4.69) is 24.1 Å². The summed E-state index contributed by atoms with van der Waals surface area (Å²) in [7, 11) is 0. The van der Waals surface area contributed by atoms with Gasteiger partial charge in [-0.25, -0.2) is 0 Å². The lowest BCUT2D eigenvalue weighted by Gasteiger charge is -2.17. The number of carbonyl (C=O) groups excluding carboxylic acids is 1. The SMILES string of the molecule is CCN(CC)CCCCCNC(=O)c1ccc(C)cc1. The molecular weight excluding hydrogens is 248 g/mol. The van der Waals surface area contributed by atoms with Gasteiger partial charge in [-0.05, 0) is 51.5 Å². The molecule has 1 N–H and O–H groups in total. The average Bonchev–Trinajstić information content (AvgIpc) is 2.47. The third kappa shape index (κ3) is 6.20. The largest absolute Gasteiger partial charge is 0.352 e. The molecule has 0 fully saturated rings. The molecule has 0 aromatic heterocycles. The fourth-order valence-electron chi connectivity index (χ4n) is 2.19. The van der Waals surface area contributed by atoms with Crippen molar-refractivity contribution >= 4 is 5.91 Å². The van der Waals surface area contributed by atoms with E-state index in [-0.39, 0.29) is 5.91 Å². The summed E-state index contributed by atoms with van der Waals surface area (Å²) in [5.74, 6) is 0.0359. The molecule has 20 heavy (non-hydrogen) atoms. The smallest absolute Gasteiger partial charge is 0.251 e. The molecule has 3 heteroatoms. The van der Waals surface area contributed by atoms with E-state index in [1.165, 1.54) is 24.9 Å². The Balaban J connectivity index is 2.12. The molecule has 3 nitrogen and oxygen atoms in total. The van der Waals surface area contributed by atoms with Gasteiger partial charge in [-0.1, -0.05) is 38.0 Å². The maximum absolute atomic E-state index is 11.9. The van der Waals surface area contributed by atoms with Gasteiger partial charge in [-0.15, -0.1) is 0 Å². The van der Waals surface area contributed by atoms with Crippen molar-refractivity contribution in [2.45, 2.75) is 40.0 Å². The first-order valence-electron chi connectivity index (χ1n) is 7.74. The number of unbranched alkanes of at least 4 members (excludes halogenated alkanes) is 2. The number of amides is 1. The molecule has 0 bridgehead atoms. The van der Waals surface area contributed by atoms with Gasteiger partial charge < -0.3 is 10.2 Å². The average molecular weight is 276 g/mol. The number of hydrogen-bond acceptors (Lipinski definition) is 2. The number of benzene rings is 1. The molecule has 1 aromatic rings. The van der Waals surface area contributed by atoms with Gasteiger partial charge in [-0.2, -0.15) is 0 Å². The van der Waals surface area contributed by atoms with Crippen molar-refractivity contribution in [2.75, 3.05) is 26.2 Å². The summed E-state index contributed by atoms with van der Waals surface area (Å²) in [5, 5.41) is 2.98. The van der Waals surface area contributed by atoms with Crippen molar-refractivity contribution < 1.29 is 4.79 Å². The van der Waals surface area contributed by atoms with Crippen LogP contribution in [0.5, 0.6) is 0 Å². The fraction of sp³-hybridized carbons (Fsp3) is 0.588. The molecule has 0 saturated heterocycles. The van der Waals surface area contributed by atoms with Gasteiger partial charge in [0, 0.05) is 12.1 Å². The van der Waals surface area contributed by atoms with Crippen LogP contribution in [0.3, 0.4) is 0 Å². The van der Waals surface area contributed by atoms with E-state index < -0.39 is 0 Å². The third-order valence-corrected chi connectivity index (χ3v) is 3.64. The van der Waals surface area contributed by atoms with E-state index in [0.717, 1.165) is 31.6 Å². The van der Waals surface area contributed by atoms with Gasteiger partial charge in [0.25, 0.3) is 5.91 Å². The van der Waals surface area contributed by atoms with E-state index in [9.17, 15) is 4.79 Å². The number of nitrogens with one attached hydrogen (secondary N) is 1. The second-order valence-electron chi connectivity index (χ2n) is 5.21. The first-order chi connectivity index (χ1) is 9.67. The van der Waals surface area contributed by atoms with Crippen molar-refractivity contribution in [1.29, 1.82) is 0 Å². The van der Waals surface area contributed by atoms with Crippen LogP contribution < -0.4 is 5.32 Å². The van der Waals surface area contributed by atoms with Crippen molar-refractivity contribution in [3.63, 3.8) is 0 Å². The lowest BCUT2D eigenvalue weighted by atomic mass is 10.1. The zero-order valence-corrected chi connectivity index (χ0v) is 13.1. The summed E-state index contributed by atoms with van der Waals surface area (Å²) < 4.78 is 0. The molecule has 0 aliphatic heterocycles. The predicted octanol–water partition coefficient (Wildman–Crippen LogP) is 3.24. The molecule has 0 aliphatic carbocycles. The minimum absolute atomic E-state index is 0.0359. The summed E-state index contributed by atoms with van der Waals surface area (Å²) in [6, 6.07) is 7.70. The Kier molecular flexibility index (Phi) is 7.97. The standard InChI is InChI=1S/C17H28N2O/c1-4-19(5-2)14-8-6-7-13-18-17(20)16-11-9-15(3)10-12-16/h9-12H,4-8,13-14H2,1-3H3,(H,18,20). The predicted molar refractivity (Wildman–Crippen MR) is 85.2 cm³/mol. The highest BCUT2D eigenvalue weighted by Gasteiger charge is 2.03. The van der Waals surface area contributed by atoms with Gasteiger partial charge in [0.2, 0.25) is 0 Å². The molecule has 0 unspecified atom stereocenters. The van der Waals surface area contributed by atoms with Crippen LogP contribution in [0.4, 0.5) is 0 Å². The van der Waals surface area contributed by atoms with Gasteiger partial charge >= 0.3 is 0 Å². The highest BCUT2D eigenvalue weighted by Crippen LogP contribution is 2.03. The maximum Gasteiger partial charge on any atom is 0.251 e. The van der Waals surface area contributed by atoms with E-state index in [0.29, 0.717) is 0 Å². The van der Waals surface area contributed by atoms with Crippen molar-refractivity contribution in [3.05, 3.63) is 35.4 Å². The van der Waals surface area contributed by atoms with Crippen LogP contribution in [0.25, 0.3) is 0 Å². The van der Waals surface area contributed by atoms with Gasteiger partial charge in [0.05, 0.1) is 0 Å². The van der Waals surface area contributed by atoms with Crippen molar-refractivity contribution in [1.82, 2.24) is 10.2 Å². The minimum Gasteiger partial charge on any atom is -0.352 e. The topological polar surface area (TPSA) is 32.3 Å². The van der Waals surface area contributed by atoms with Crippen LogP contribution in [0, 0.1) is 6.92 Å². The molecular formula is C17H28N2O. The molecule has 1 amide bonds. The maximum atomic E-state index is 11.9. The molecule has 1 aromatic carbocycles. The zero-order chi connectivity index (χ0) is 14.8. The number of aryl methyl sites for hydroxylation is 1. The first kappa shape index (κ1) is 16.7. The van der Waals surface area contributed by atoms with Crippen molar-refractivity contribution in [3.8, 4) is 0 Å². The molecule has 0 aliphatic rings. The molecule has 0 radical (unpaired) electrons. The Morgan fingerprint density at radius 3 is 2.30 bits per heavy atom. The summed E-state index contributed by atoms with van der Waals surface area (Å²) in [4.78, 5) is 14.3. The van der Waals surface area contributed by atoms with Gasteiger partial charge in [0.1, 0.15) is 0 Å². The Bertz CT molecular complexity index is 382. The van der Waals surface area contributed by atoms with Crippen LogP contribution >= 0.6 is 0 Å². The highest BCUT2D eigenvalue weighted by atomic mass is 16.1. The summed E-state index contributed by atoms with van der Waals surface area (Å²) in [6.07, 6.45) is 3.44. The monoisotopic (exact) mass is 276 g/mol. The quantitative estimate of drug-likeness (QED) is 0.702. The minimum atomic E-state index is 0.0359. The van der Waals surface area contributed by atoms with E-state index >= 15 is 0 Å². The zero-order valence-electron chi connectivity index (χ0n) is 13.1. The molecule has 0 atom stereocenters. The highest BCUT2D eigenvalue weighted by molar-refractivity contribution is 5.94. The van der Waals surface area contributed by atoms with Crippen LogP contribution in [-0.2, 0) is 0 Å². The number of carbonyl (C=O) groups is 1. The number of hydrogen-bond donors (Lipinski definition) is 1. The van der Waals surface area contributed by atoms with Crippen LogP contribution in [0.2, 0.25) is 0 Å². The molecule has 112 valence electrons. The molecule has 0 heterocycles. The fourth-order valence-corrected chi connectivity index (χ4v) is 2.19. The third-order valence-electron chi connectivity index (χ3n) is 3.64. The summed E-state index contributed by atoms with van der Waals surface area (Å²) >= 11 is 0. The van der Waals surface area contributed by atoms with Crippen molar-refractivity contribution in [2.24, 2.45) is 0 Å². The molecule has 0 saturated carbocycles. The Morgan fingerprint density at radius 2 is 1.70 bits per heavy atom. The number of rotatable bonds is 9. The Morgan fingerprint density at radius 1 is 1.05 bits per heavy atom. The second kappa shape index (κ2) is 9.54. The first-order valence-corrected chi connectivity index (χ1v) is 7.74. The van der Waals surface area contributed by atoms with E-state index in [4.69, 9.17) is 0 Å². The van der Waals surface area contributed by atoms with Crippen LogP contribution in [-0.4, -0.2) is 37.0 Å². The Hall–Kier alpha value is -1.35. The van der Waals surface area contributed by atoms with Gasteiger partial charge in [-0.3, -0.25) is 4.79 Å². The van der Waals surface area contributed by atoms with Crippen LogP contribution in [0.15, 0.2) is 24.3 Å². The lowest BCUT2D eigenvalue weighted by Crippen LogP contribution is -2.25. The lowest BCUT2D eigenvalue weighted by molar-refractivity contribution is 0.0953. The summed E-state index contributed by atoms with van der Waals surface area (Å²) in [5.41, 5.74) is 1.93. The number of nitrogens with zero attached hydrogens (tertiary/aromatic N) is 1. The normalized spacial score (nSPS) is 10.8. The molecule has 0 spiro atoms. The Labute approximate surface area is 123 Å². The molecule has 1 rings (SSSR count). The van der Waals surface area contributed by atoms with Gasteiger partial charge in [0.15, 0.2) is 0 Å².